The highest BCUT2D eigenvalue weighted by molar-refractivity contribution is 7.26. The van der Waals surface area contributed by atoms with Crippen LogP contribution in [0.4, 0.5) is 0 Å². The molecule has 0 spiro atoms. The van der Waals surface area contributed by atoms with Crippen molar-refractivity contribution in [3.8, 4) is 33.4 Å². The molecule has 0 fully saturated rings. The average molecular weight is 659 g/mol. The van der Waals surface area contributed by atoms with Crippen molar-refractivity contribution in [3.63, 3.8) is 0 Å². The molecule has 10 rings (SSSR count). The Hall–Kier alpha value is -5.90. The van der Waals surface area contributed by atoms with Crippen LogP contribution in [0.15, 0.2) is 152 Å². The molecule has 50 heavy (non-hydrogen) atoms. The number of fused-ring (bicyclic) bond motifs is 9. The van der Waals surface area contributed by atoms with Crippen molar-refractivity contribution in [2.24, 2.45) is 0 Å². The maximum absolute atomic E-state index is 4.79. The topological polar surface area (TPSA) is 25.8 Å². The molecule has 0 saturated heterocycles. The second kappa shape index (κ2) is 12.2. The highest BCUT2D eigenvalue weighted by Crippen LogP contribution is 2.44. The van der Waals surface area contributed by atoms with Gasteiger partial charge in [0.05, 0.1) is 11.0 Å². The third-order valence-corrected chi connectivity index (χ3v) is 11.0. The number of hydrogen-bond acceptors (Lipinski definition) is 3. The Morgan fingerprint density at radius 2 is 0.940 bits per heavy atom. The monoisotopic (exact) mass is 658 g/mol. The second-order valence-electron chi connectivity index (χ2n) is 12.7. The van der Waals surface area contributed by atoms with Gasteiger partial charge in [-0.2, -0.15) is 0 Å². The van der Waals surface area contributed by atoms with Gasteiger partial charge in [0.1, 0.15) is 0 Å². The number of rotatable bonds is 3. The molecule has 3 heteroatoms. The first-order valence-electron chi connectivity index (χ1n) is 17.3. The Morgan fingerprint density at radius 1 is 0.420 bits per heavy atom. The van der Waals surface area contributed by atoms with Gasteiger partial charge in [0.25, 0.3) is 0 Å². The smallest absolute Gasteiger partial charge is 0.0780 e. The number of aryl methyl sites for hydroxylation is 1. The summed E-state index contributed by atoms with van der Waals surface area (Å²) in [6.45, 7) is 6.18. The van der Waals surface area contributed by atoms with Crippen LogP contribution >= 0.6 is 11.3 Å². The van der Waals surface area contributed by atoms with Crippen LogP contribution < -0.4 is 0 Å². The molecule has 0 saturated carbocycles. The Kier molecular flexibility index (Phi) is 7.37. The Balaban J connectivity index is 0.00000165. The van der Waals surface area contributed by atoms with Crippen molar-refractivity contribution < 1.29 is 0 Å². The van der Waals surface area contributed by atoms with Crippen LogP contribution in [0.3, 0.4) is 0 Å². The lowest BCUT2D eigenvalue weighted by Crippen LogP contribution is -1.91. The highest BCUT2D eigenvalue weighted by Gasteiger charge is 2.17. The minimum absolute atomic E-state index is 1.03. The van der Waals surface area contributed by atoms with Crippen LogP contribution in [0.5, 0.6) is 0 Å². The van der Waals surface area contributed by atoms with E-state index in [0.717, 1.165) is 21.8 Å². The van der Waals surface area contributed by atoms with E-state index in [1.807, 2.05) is 49.7 Å². The fourth-order valence-corrected chi connectivity index (χ4v) is 8.76. The Labute approximate surface area is 295 Å². The summed E-state index contributed by atoms with van der Waals surface area (Å²) in [5.74, 6) is 0. The van der Waals surface area contributed by atoms with E-state index in [0.29, 0.717) is 0 Å². The SMILES string of the molecule is CC.Cc1ccc2sc3c(-c4cc(-c5cc6cccnc6c6ccccc56)cc(-c5cc6cccnc6c6ccccc56)c4)cccc3c2c1. The average Bonchev–Trinajstić information content (AvgIpc) is 3.56. The summed E-state index contributed by atoms with van der Waals surface area (Å²) in [6.07, 6.45) is 3.78. The van der Waals surface area contributed by atoms with Gasteiger partial charge in [0, 0.05) is 54.1 Å². The van der Waals surface area contributed by atoms with Crippen LogP contribution in [0.25, 0.3) is 96.9 Å². The molecule has 7 aromatic carbocycles. The summed E-state index contributed by atoms with van der Waals surface area (Å²) in [7, 11) is 0. The molecule has 3 heterocycles. The molecule has 0 aliphatic heterocycles. The zero-order chi connectivity index (χ0) is 33.8. The van der Waals surface area contributed by atoms with E-state index in [-0.39, 0.29) is 0 Å². The Bertz CT molecular complexity index is 2780. The molecule has 10 aromatic rings. The maximum Gasteiger partial charge on any atom is 0.0780 e. The molecular weight excluding hydrogens is 625 g/mol. The summed E-state index contributed by atoms with van der Waals surface area (Å²) in [4.78, 5) is 9.59. The zero-order valence-electron chi connectivity index (χ0n) is 28.2. The van der Waals surface area contributed by atoms with Gasteiger partial charge in [-0.1, -0.05) is 104 Å². The first-order valence-corrected chi connectivity index (χ1v) is 18.1. The minimum Gasteiger partial charge on any atom is -0.256 e. The summed E-state index contributed by atoms with van der Waals surface area (Å²) in [5, 5.41) is 9.67. The lowest BCUT2D eigenvalue weighted by molar-refractivity contribution is 1.43. The van der Waals surface area contributed by atoms with Crippen molar-refractivity contribution in [2.45, 2.75) is 20.8 Å². The van der Waals surface area contributed by atoms with E-state index < -0.39 is 0 Å². The lowest BCUT2D eigenvalue weighted by Gasteiger charge is -2.16. The van der Waals surface area contributed by atoms with E-state index in [1.54, 1.807) is 0 Å². The van der Waals surface area contributed by atoms with Crippen molar-refractivity contribution in [2.75, 3.05) is 0 Å². The van der Waals surface area contributed by atoms with Gasteiger partial charge in [-0.05, 0) is 106 Å². The largest absolute Gasteiger partial charge is 0.256 e. The molecule has 2 nitrogen and oxygen atoms in total. The van der Waals surface area contributed by atoms with Crippen molar-refractivity contribution >= 4 is 74.9 Å². The van der Waals surface area contributed by atoms with Crippen LogP contribution in [0.2, 0.25) is 0 Å². The van der Waals surface area contributed by atoms with Gasteiger partial charge in [-0.25, -0.2) is 0 Å². The highest BCUT2D eigenvalue weighted by atomic mass is 32.1. The maximum atomic E-state index is 4.79. The molecule has 238 valence electrons. The first kappa shape index (κ1) is 30.2. The summed E-state index contributed by atoms with van der Waals surface area (Å²) < 4.78 is 2.64. The third-order valence-electron chi connectivity index (χ3n) is 9.74. The van der Waals surface area contributed by atoms with Gasteiger partial charge in [0.15, 0.2) is 0 Å². The zero-order valence-corrected chi connectivity index (χ0v) is 29.1. The normalized spacial score (nSPS) is 11.5. The van der Waals surface area contributed by atoms with E-state index in [4.69, 9.17) is 9.97 Å². The number of hydrogen-bond donors (Lipinski definition) is 0. The standard InChI is InChI=1S/C45H28N2S.C2H6/c1-27-17-18-42-41(21-27)38-16-6-15-33(45(38)48-42)30-22-31(39-25-28-9-7-19-46-43(28)36-13-4-2-11-34(36)39)24-32(23-30)40-26-29-10-8-20-47-44(29)37-14-5-3-12-35(37)40;1-2/h2-26H,1H3;1-2H3. The molecule has 0 radical (unpaired) electrons. The summed E-state index contributed by atoms with van der Waals surface area (Å²) >= 11 is 1.89. The fourth-order valence-electron chi connectivity index (χ4n) is 7.55. The second-order valence-corrected chi connectivity index (χ2v) is 13.7. The van der Waals surface area contributed by atoms with Crippen LogP contribution in [-0.4, -0.2) is 9.97 Å². The number of thiophene rings is 1. The molecule has 0 amide bonds. The van der Waals surface area contributed by atoms with E-state index in [9.17, 15) is 0 Å². The van der Waals surface area contributed by atoms with Gasteiger partial charge >= 0.3 is 0 Å². The van der Waals surface area contributed by atoms with Crippen LogP contribution in [-0.2, 0) is 0 Å². The van der Waals surface area contributed by atoms with Crippen LogP contribution in [0, 0.1) is 6.92 Å². The molecule has 0 unspecified atom stereocenters. The van der Waals surface area contributed by atoms with Gasteiger partial charge in [0.2, 0.25) is 0 Å². The summed E-state index contributed by atoms with van der Waals surface area (Å²) in [5.41, 5.74) is 10.6. The molecule has 3 aromatic heterocycles. The third kappa shape index (κ3) is 4.85. The minimum atomic E-state index is 1.03. The molecule has 0 aliphatic rings. The predicted octanol–water partition coefficient (Wildman–Crippen LogP) is 13.8. The van der Waals surface area contributed by atoms with Gasteiger partial charge in [-0.3, -0.25) is 9.97 Å². The molecule has 0 N–H and O–H groups in total. The van der Waals surface area contributed by atoms with Crippen molar-refractivity contribution in [1.29, 1.82) is 0 Å². The summed E-state index contributed by atoms with van der Waals surface area (Å²) in [6, 6.07) is 51.1. The Morgan fingerprint density at radius 3 is 1.52 bits per heavy atom. The molecular formula is C47H34N2S. The molecule has 0 bridgehead atoms. The van der Waals surface area contributed by atoms with Crippen LogP contribution in [0.1, 0.15) is 19.4 Å². The first-order chi connectivity index (χ1) is 24.7. The quantitative estimate of drug-likeness (QED) is 0.177. The number of pyridine rings is 2. The molecule has 0 atom stereocenters. The predicted molar refractivity (Wildman–Crippen MR) is 217 cm³/mol. The number of aromatic nitrogens is 2. The van der Waals surface area contributed by atoms with E-state index >= 15 is 0 Å². The van der Waals surface area contributed by atoms with Gasteiger partial charge < -0.3 is 0 Å². The number of nitrogens with zero attached hydrogens (tertiary/aromatic N) is 2. The van der Waals surface area contributed by atoms with E-state index in [1.165, 1.54) is 80.7 Å². The van der Waals surface area contributed by atoms with E-state index in [2.05, 4.69) is 134 Å². The van der Waals surface area contributed by atoms with Crippen molar-refractivity contribution in [1.82, 2.24) is 9.97 Å². The molecule has 0 aliphatic carbocycles. The lowest BCUT2D eigenvalue weighted by atomic mass is 9.88. The fraction of sp³-hybridized carbons (Fsp3) is 0.0638. The number of benzene rings is 7. The van der Waals surface area contributed by atoms with Gasteiger partial charge in [-0.15, -0.1) is 11.3 Å². The van der Waals surface area contributed by atoms with Crippen molar-refractivity contribution in [3.05, 3.63) is 157 Å².